The minimum Gasteiger partial charge on any atom is -0.457 e. The number of hydrogen-bond donors (Lipinski definition) is 0. The Labute approximate surface area is 126 Å². The van der Waals surface area contributed by atoms with E-state index in [2.05, 4.69) is 36.4 Å². The molecule has 0 heterocycles. The van der Waals surface area contributed by atoms with Crippen molar-refractivity contribution >= 4 is 16.7 Å². The highest BCUT2D eigenvalue weighted by Crippen LogP contribution is 2.39. The molecular weight excluding hydrogens is 260 g/mol. The van der Waals surface area contributed by atoms with Crippen LogP contribution in [0.25, 0.3) is 10.8 Å². The number of rotatable bonds is 3. The summed E-state index contributed by atoms with van der Waals surface area (Å²) in [6.07, 6.45) is 6.00. The molecule has 1 aliphatic rings. The lowest BCUT2D eigenvalue weighted by molar-refractivity contribution is -0.150. The molecule has 0 N–H and O–H groups in total. The molecule has 0 unspecified atom stereocenters. The highest BCUT2D eigenvalue weighted by atomic mass is 16.5. The summed E-state index contributed by atoms with van der Waals surface area (Å²) in [5.41, 5.74) is 1.16. The summed E-state index contributed by atoms with van der Waals surface area (Å²) in [4.78, 5) is 11.6. The third-order valence-corrected chi connectivity index (χ3v) is 4.50. The van der Waals surface area contributed by atoms with E-state index in [1.165, 1.54) is 37.0 Å². The van der Waals surface area contributed by atoms with Crippen molar-refractivity contribution in [2.45, 2.75) is 45.1 Å². The van der Waals surface area contributed by atoms with Gasteiger partial charge in [-0.2, -0.15) is 0 Å². The molecule has 2 aromatic carbocycles. The van der Waals surface area contributed by atoms with Gasteiger partial charge in [-0.15, -0.1) is 0 Å². The predicted octanol–water partition coefficient (Wildman–Crippen LogP) is 5.02. The van der Waals surface area contributed by atoms with E-state index in [1.807, 2.05) is 6.07 Å². The molecular formula is C19H22O2. The first-order valence-corrected chi connectivity index (χ1v) is 7.90. The maximum atomic E-state index is 11.6. The fourth-order valence-corrected chi connectivity index (χ4v) is 3.53. The van der Waals surface area contributed by atoms with E-state index in [4.69, 9.17) is 4.74 Å². The molecule has 0 saturated heterocycles. The molecule has 2 aromatic rings. The first kappa shape index (κ1) is 14.1. The quantitative estimate of drug-likeness (QED) is 0.738. The van der Waals surface area contributed by atoms with E-state index in [1.54, 1.807) is 0 Å². The van der Waals surface area contributed by atoms with Crippen molar-refractivity contribution < 1.29 is 9.53 Å². The van der Waals surface area contributed by atoms with Gasteiger partial charge in [-0.3, -0.25) is 4.79 Å². The number of fused-ring (bicyclic) bond motifs is 1. The lowest BCUT2D eigenvalue weighted by Gasteiger charge is -2.30. The van der Waals surface area contributed by atoms with Gasteiger partial charge in [-0.25, -0.2) is 0 Å². The summed E-state index contributed by atoms with van der Waals surface area (Å²) >= 11 is 0. The van der Waals surface area contributed by atoms with E-state index >= 15 is 0 Å². The van der Waals surface area contributed by atoms with Crippen molar-refractivity contribution in [3.8, 4) is 0 Å². The van der Waals surface area contributed by atoms with Crippen LogP contribution in [-0.4, -0.2) is 5.97 Å². The molecule has 0 radical (unpaired) electrons. The van der Waals surface area contributed by atoms with Crippen LogP contribution in [0.4, 0.5) is 0 Å². The number of hydrogen-bond acceptors (Lipinski definition) is 2. The molecule has 0 aromatic heterocycles. The zero-order valence-corrected chi connectivity index (χ0v) is 12.5. The summed E-state index contributed by atoms with van der Waals surface area (Å²) in [5, 5.41) is 2.42. The second-order valence-corrected chi connectivity index (χ2v) is 6.00. The largest absolute Gasteiger partial charge is 0.457 e. The van der Waals surface area contributed by atoms with Crippen LogP contribution in [0.5, 0.6) is 0 Å². The highest BCUT2D eigenvalue weighted by molar-refractivity contribution is 5.86. The zero-order chi connectivity index (χ0) is 14.7. The van der Waals surface area contributed by atoms with Crippen LogP contribution in [0.2, 0.25) is 0 Å². The zero-order valence-electron chi connectivity index (χ0n) is 12.5. The molecule has 0 bridgehead atoms. The summed E-state index contributed by atoms with van der Waals surface area (Å²) < 4.78 is 5.75. The Balaban J connectivity index is 2.02. The molecule has 3 rings (SSSR count). The topological polar surface area (TPSA) is 26.3 Å². The number of ether oxygens (including phenoxy) is 1. The van der Waals surface area contributed by atoms with Crippen LogP contribution in [0.15, 0.2) is 42.5 Å². The van der Waals surface area contributed by atoms with E-state index < -0.39 is 0 Å². The van der Waals surface area contributed by atoms with Crippen molar-refractivity contribution in [2.75, 3.05) is 0 Å². The lowest BCUT2D eigenvalue weighted by atomic mass is 9.81. The van der Waals surface area contributed by atoms with Gasteiger partial charge in [0.1, 0.15) is 6.10 Å². The summed E-state index contributed by atoms with van der Waals surface area (Å²) in [6, 6.07) is 14.6. The van der Waals surface area contributed by atoms with Gasteiger partial charge in [0.25, 0.3) is 0 Å². The molecule has 21 heavy (non-hydrogen) atoms. The van der Waals surface area contributed by atoms with Gasteiger partial charge in [0, 0.05) is 18.4 Å². The van der Waals surface area contributed by atoms with E-state index in [-0.39, 0.29) is 12.1 Å². The molecule has 1 aliphatic carbocycles. The SMILES string of the molecule is CC(=O)O[C@H](c1cccc2ccccc12)C1CCCCC1. The number of esters is 1. The molecule has 0 spiro atoms. The second-order valence-electron chi connectivity index (χ2n) is 6.00. The number of carbonyl (C=O) groups excluding carboxylic acids is 1. The van der Waals surface area contributed by atoms with E-state index in [9.17, 15) is 4.79 Å². The highest BCUT2D eigenvalue weighted by Gasteiger charge is 2.28. The van der Waals surface area contributed by atoms with Gasteiger partial charge in [0.05, 0.1) is 0 Å². The van der Waals surface area contributed by atoms with Crippen LogP contribution in [0, 0.1) is 5.92 Å². The van der Waals surface area contributed by atoms with Crippen LogP contribution in [-0.2, 0) is 9.53 Å². The van der Waals surface area contributed by atoms with Crippen molar-refractivity contribution in [2.24, 2.45) is 5.92 Å². The third kappa shape index (κ3) is 3.10. The number of carbonyl (C=O) groups is 1. The van der Waals surface area contributed by atoms with E-state index in [0.29, 0.717) is 5.92 Å². The Bertz CT molecular complexity index is 621. The van der Waals surface area contributed by atoms with Gasteiger partial charge >= 0.3 is 5.97 Å². The second kappa shape index (κ2) is 6.30. The maximum Gasteiger partial charge on any atom is 0.303 e. The first-order valence-electron chi connectivity index (χ1n) is 7.90. The fourth-order valence-electron chi connectivity index (χ4n) is 3.53. The Kier molecular flexibility index (Phi) is 4.23. The molecule has 1 saturated carbocycles. The fraction of sp³-hybridized carbons (Fsp3) is 0.421. The van der Waals surface area contributed by atoms with Crippen molar-refractivity contribution in [3.05, 3.63) is 48.0 Å². The van der Waals surface area contributed by atoms with Gasteiger partial charge in [-0.05, 0) is 23.6 Å². The lowest BCUT2D eigenvalue weighted by Crippen LogP contribution is -2.21. The first-order chi connectivity index (χ1) is 10.3. The summed E-state index contributed by atoms with van der Waals surface area (Å²) in [6.45, 7) is 1.51. The van der Waals surface area contributed by atoms with Gasteiger partial charge < -0.3 is 4.74 Å². The van der Waals surface area contributed by atoms with Crippen LogP contribution in [0.3, 0.4) is 0 Å². The van der Waals surface area contributed by atoms with Crippen molar-refractivity contribution in [3.63, 3.8) is 0 Å². The number of benzene rings is 2. The molecule has 2 nitrogen and oxygen atoms in total. The molecule has 110 valence electrons. The average molecular weight is 282 g/mol. The smallest absolute Gasteiger partial charge is 0.303 e. The van der Waals surface area contributed by atoms with Gasteiger partial charge in [0.15, 0.2) is 0 Å². The minimum atomic E-state index is -0.182. The minimum absolute atomic E-state index is 0.103. The van der Waals surface area contributed by atoms with Gasteiger partial charge in [-0.1, -0.05) is 61.7 Å². The Hall–Kier alpha value is -1.83. The normalized spacial score (nSPS) is 17.6. The maximum absolute atomic E-state index is 11.6. The van der Waals surface area contributed by atoms with Crippen molar-refractivity contribution in [1.82, 2.24) is 0 Å². The molecule has 0 amide bonds. The molecule has 0 aliphatic heterocycles. The molecule has 1 fully saturated rings. The summed E-state index contributed by atoms with van der Waals surface area (Å²) in [5.74, 6) is 0.270. The third-order valence-electron chi connectivity index (χ3n) is 4.50. The Morgan fingerprint density at radius 3 is 2.52 bits per heavy atom. The van der Waals surface area contributed by atoms with E-state index in [0.717, 1.165) is 18.4 Å². The van der Waals surface area contributed by atoms with Gasteiger partial charge in [0.2, 0.25) is 0 Å². The van der Waals surface area contributed by atoms with Crippen LogP contribution < -0.4 is 0 Å². The molecule has 2 heteroatoms. The van der Waals surface area contributed by atoms with Crippen molar-refractivity contribution in [1.29, 1.82) is 0 Å². The Morgan fingerprint density at radius 1 is 1.05 bits per heavy atom. The Morgan fingerprint density at radius 2 is 1.76 bits per heavy atom. The average Bonchev–Trinajstić information content (AvgIpc) is 2.53. The standard InChI is InChI=1S/C19H22O2/c1-14(20)21-19(16-9-3-2-4-10-16)18-13-7-11-15-8-5-6-12-17(15)18/h5-8,11-13,16,19H,2-4,9-10H2,1H3/t19-/m0/s1. The van der Waals surface area contributed by atoms with Crippen LogP contribution >= 0.6 is 0 Å². The predicted molar refractivity (Wildman–Crippen MR) is 85.0 cm³/mol. The summed E-state index contributed by atoms with van der Waals surface area (Å²) in [7, 11) is 0. The monoisotopic (exact) mass is 282 g/mol. The molecule has 1 atom stereocenters. The van der Waals surface area contributed by atoms with Crippen LogP contribution in [0.1, 0.15) is 50.7 Å².